The number of benzene rings is 3. The number of para-hydroxylation sites is 3. The van der Waals surface area contributed by atoms with Gasteiger partial charge < -0.3 is 19.9 Å². The fourth-order valence-corrected chi connectivity index (χ4v) is 4.02. The topological polar surface area (TPSA) is 85.2 Å². The molecule has 0 saturated carbocycles. The average molecular weight is 457 g/mol. The first-order chi connectivity index (χ1) is 16.4. The molecule has 0 spiro atoms. The molecule has 0 aliphatic rings. The molecule has 0 bridgehead atoms. The first-order valence-corrected chi connectivity index (χ1v) is 11.2. The highest BCUT2D eigenvalue weighted by Crippen LogP contribution is 2.22. The molecule has 0 unspecified atom stereocenters. The van der Waals surface area contributed by atoms with Gasteiger partial charge in [0, 0.05) is 5.69 Å². The predicted octanol–water partition coefficient (Wildman–Crippen LogP) is 4.30. The second-order valence-electron chi connectivity index (χ2n) is 8.30. The number of carbonyl (C=O) groups excluding carboxylic acids is 2. The van der Waals surface area contributed by atoms with E-state index < -0.39 is 0 Å². The van der Waals surface area contributed by atoms with E-state index >= 15 is 0 Å². The van der Waals surface area contributed by atoms with Crippen LogP contribution in [0.3, 0.4) is 0 Å². The van der Waals surface area contributed by atoms with Gasteiger partial charge in [0.15, 0.2) is 0 Å². The van der Waals surface area contributed by atoms with Gasteiger partial charge >= 0.3 is 0 Å². The van der Waals surface area contributed by atoms with Gasteiger partial charge in [0.05, 0.1) is 17.6 Å². The molecule has 7 heteroatoms. The van der Waals surface area contributed by atoms with Crippen molar-refractivity contribution < 1.29 is 14.3 Å². The highest BCUT2D eigenvalue weighted by atomic mass is 16.5. The van der Waals surface area contributed by atoms with Crippen molar-refractivity contribution in [3.8, 4) is 5.75 Å². The summed E-state index contributed by atoms with van der Waals surface area (Å²) in [7, 11) is 0. The van der Waals surface area contributed by atoms with Crippen LogP contribution in [0.1, 0.15) is 22.5 Å². The standard InChI is InChI=1S/C27H28N4O3/c1-18-13-19(2)27(20(3)14-18)30-25(32)15-28-26(33)16-31-23-12-8-7-11-22(23)29-24(31)17-34-21-9-5-4-6-10-21/h4-14H,15-17H2,1-3H3,(H,28,33)(H,30,32). The average Bonchev–Trinajstić information content (AvgIpc) is 3.16. The minimum atomic E-state index is -0.281. The Morgan fingerprint density at radius 2 is 1.59 bits per heavy atom. The largest absolute Gasteiger partial charge is 0.486 e. The number of carbonyl (C=O) groups is 2. The third-order valence-corrected chi connectivity index (χ3v) is 5.53. The van der Waals surface area contributed by atoms with Crippen LogP contribution >= 0.6 is 0 Å². The van der Waals surface area contributed by atoms with Crippen molar-refractivity contribution in [1.29, 1.82) is 0 Å². The van der Waals surface area contributed by atoms with Crippen molar-refractivity contribution in [2.75, 3.05) is 11.9 Å². The van der Waals surface area contributed by atoms with Gasteiger partial charge in [-0.15, -0.1) is 0 Å². The number of anilines is 1. The summed E-state index contributed by atoms with van der Waals surface area (Å²) in [5.74, 6) is 0.808. The molecule has 2 N–H and O–H groups in total. The van der Waals surface area contributed by atoms with E-state index in [4.69, 9.17) is 4.74 Å². The Hall–Kier alpha value is -4.13. The van der Waals surface area contributed by atoms with Crippen molar-refractivity contribution in [3.05, 3.63) is 89.2 Å². The lowest BCUT2D eigenvalue weighted by atomic mass is 10.1. The summed E-state index contributed by atoms with van der Waals surface area (Å²) in [4.78, 5) is 29.9. The van der Waals surface area contributed by atoms with Gasteiger partial charge in [-0.1, -0.05) is 48.0 Å². The fourth-order valence-electron chi connectivity index (χ4n) is 4.02. The summed E-state index contributed by atoms with van der Waals surface area (Å²) in [5, 5.41) is 5.62. The van der Waals surface area contributed by atoms with Gasteiger partial charge in [-0.2, -0.15) is 0 Å². The first kappa shape index (κ1) is 23.0. The Morgan fingerprint density at radius 3 is 2.32 bits per heavy atom. The third kappa shape index (κ3) is 5.43. The Bertz CT molecular complexity index is 1310. The number of nitrogens with one attached hydrogen (secondary N) is 2. The number of amides is 2. The highest BCUT2D eigenvalue weighted by Gasteiger charge is 2.15. The number of imidazole rings is 1. The number of ether oxygens (including phenoxy) is 1. The Labute approximate surface area is 198 Å². The zero-order valence-electron chi connectivity index (χ0n) is 19.6. The quantitative estimate of drug-likeness (QED) is 0.414. The zero-order valence-corrected chi connectivity index (χ0v) is 19.6. The van der Waals surface area contributed by atoms with Crippen molar-refractivity contribution in [1.82, 2.24) is 14.9 Å². The lowest BCUT2D eigenvalue weighted by molar-refractivity contribution is -0.124. The van der Waals surface area contributed by atoms with Gasteiger partial charge in [-0.3, -0.25) is 9.59 Å². The molecule has 7 nitrogen and oxygen atoms in total. The van der Waals surface area contributed by atoms with E-state index in [9.17, 15) is 9.59 Å². The molecular formula is C27H28N4O3. The van der Waals surface area contributed by atoms with Crippen molar-refractivity contribution >= 4 is 28.5 Å². The number of hydrogen-bond acceptors (Lipinski definition) is 4. The molecule has 34 heavy (non-hydrogen) atoms. The molecule has 174 valence electrons. The molecule has 4 rings (SSSR count). The van der Waals surface area contributed by atoms with Crippen LogP contribution in [0, 0.1) is 20.8 Å². The molecular weight excluding hydrogens is 428 g/mol. The maximum Gasteiger partial charge on any atom is 0.243 e. The molecule has 0 aliphatic heterocycles. The van der Waals surface area contributed by atoms with Gasteiger partial charge in [-0.25, -0.2) is 4.98 Å². The third-order valence-electron chi connectivity index (χ3n) is 5.53. The van der Waals surface area contributed by atoms with Gasteiger partial charge in [-0.05, 0) is 56.2 Å². The molecule has 3 aromatic carbocycles. The van der Waals surface area contributed by atoms with Crippen LogP contribution in [0.25, 0.3) is 11.0 Å². The summed E-state index contributed by atoms with van der Waals surface area (Å²) in [6.07, 6.45) is 0. The smallest absolute Gasteiger partial charge is 0.243 e. The van der Waals surface area contributed by atoms with Gasteiger partial charge in [0.2, 0.25) is 11.8 Å². The maximum absolute atomic E-state index is 12.7. The number of fused-ring (bicyclic) bond motifs is 1. The van der Waals surface area contributed by atoms with E-state index in [1.807, 2.05) is 92.1 Å². The van der Waals surface area contributed by atoms with Crippen LogP contribution in [0.4, 0.5) is 5.69 Å². The second kappa shape index (κ2) is 10.2. The molecule has 0 saturated heterocycles. The number of aryl methyl sites for hydroxylation is 3. The molecule has 1 heterocycles. The summed E-state index contributed by atoms with van der Waals surface area (Å²) >= 11 is 0. The minimum Gasteiger partial charge on any atom is -0.486 e. The van der Waals surface area contributed by atoms with Crippen LogP contribution in [0.2, 0.25) is 0 Å². The van der Waals surface area contributed by atoms with Crippen LogP contribution < -0.4 is 15.4 Å². The summed E-state index contributed by atoms with van der Waals surface area (Å²) < 4.78 is 7.68. The second-order valence-corrected chi connectivity index (χ2v) is 8.30. The minimum absolute atomic E-state index is 0.0316. The normalized spacial score (nSPS) is 10.8. The van der Waals surface area contributed by atoms with Crippen molar-refractivity contribution in [2.24, 2.45) is 0 Å². The Kier molecular flexibility index (Phi) is 6.92. The van der Waals surface area contributed by atoms with E-state index in [1.165, 1.54) is 0 Å². The van der Waals surface area contributed by atoms with Crippen LogP contribution in [-0.2, 0) is 22.7 Å². The number of rotatable bonds is 8. The van der Waals surface area contributed by atoms with Crippen molar-refractivity contribution in [3.63, 3.8) is 0 Å². The molecule has 1 aromatic heterocycles. The fraction of sp³-hybridized carbons (Fsp3) is 0.222. The Morgan fingerprint density at radius 1 is 0.912 bits per heavy atom. The number of hydrogen-bond donors (Lipinski definition) is 2. The predicted molar refractivity (Wildman–Crippen MR) is 133 cm³/mol. The SMILES string of the molecule is Cc1cc(C)c(NC(=O)CNC(=O)Cn2c(COc3ccccc3)nc3ccccc32)c(C)c1. The first-order valence-electron chi connectivity index (χ1n) is 11.2. The number of nitrogens with zero attached hydrogens (tertiary/aromatic N) is 2. The highest BCUT2D eigenvalue weighted by molar-refractivity contribution is 5.96. The van der Waals surface area contributed by atoms with E-state index in [2.05, 4.69) is 15.6 Å². The monoisotopic (exact) mass is 456 g/mol. The van der Waals surface area contributed by atoms with E-state index in [0.717, 1.165) is 39.2 Å². The van der Waals surface area contributed by atoms with Crippen LogP contribution in [0.15, 0.2) is 66.7 Å². The van der Waals surface area contributed by atoms with Gasteiger partial charge in [0.1, 0.15) is 24.7 Å². The molecule has 0 aliphatic carbocycles. The Balaban J connectivity index is 1.41. The van der Waals surface area contributed by atoms with E-state index in [0.29, 0.717) is 5.82 Å². The zero-order chi connectivity index (χ0) is 24.1. The molecule has 0 atom stereocenters. The van der Waals surface area contributed by atoms with Crippen LogP contribution in [0.5, 0.6) is 5.75 Å². The summed E-state index contributed by atoms with van der Waals surface area (Å²) in [6, 6.07) is 21.1. The summed E-state index contributed by atoms with van der Waals surface area (Å²) in [6.45, 7) is 6.07. The summed E-state index contributed by atoms with van der Waals surface area (Å²) in [5.41, 5.74) is 5.52. The van der Waals surface area contributed by atoms with E-state index in [-0.39, 0.29) is 31.5 Å². The number of aromatic nitrogens is 2. The molecule has 0 fully saturated rings. The molecule has 2 amide bonds. The van der Waals surface area contributed by atoms with Gasteiger partial charge in [0.25, 0.3) is 0 Å². The maximum atomic E-state index is 12.7. The lowest BCUT2D eigenvalue weighted by Gasteiger charge is -2.14. The molecule has 4 aromatic rings. The van der Waals surface area contributed by atoms with Crippen LogP contribution in [-0.4, -0.2) is 27.9 Å². The lowest BCUT2D eigenvalue weighted by Crippen LogP contribution is -2.35. The van der Waals surface area contributed by atoms with Crippen molar-refractivity contribution in [2.45, 2.75) is 33.9 Å². The molecule has 0 radical (unpaired) electrons. The van der Waals surface area contributed by atoms with E-state index in [1.54, 1.807) is 0 Å².